The molecule has 1 aliphatic heterocycles. The van der Waals surface area contributed by atoms with E-state index in [1.807, 2.05) is 0 Å². The molecule has 5 nitrogen and oxygen atoms in total. The lowest BCUT2D eigenvalue weighted by molar-refractivity contribution is -0.147. The van der Waals surface area contributed by atoms with Gasteiger partial charge in [0.05, 0.1) is 12.2 Å². The van der Waals surface area contributed by atoms with Gasteiger partial charge in [0.25, 0.3) is 0 Å². The second-order valence-corrected chi connectivity index (χ2v) is 9.19. The Morgan fingerprint density at radius 2 is 1.96 bits per heavy atom. The highest BCUT2D eigenvalue weighted by Crippen LogP contribution is 2.54. The smallest absolute Gasteiger partial charge is 0.315 e. The molecule has 0 bridgehead atoms. The van der Waals surface area contributed by atoms with Crippen LogP contribution < -0.4 is 10.6 Å². The van der Waals surface area contributed by atoms with Gasteiger partial charge in [-0.3, -0.25) is 0 Å². The van der Waals surface area contributed by atoms with Gasteiger partial charge in [-0.15, -0.1) is 0 Å². The van der Waals surface area contributed by atoms with Gasteiger partial charge in [0.15, 0.2) is 0 Å². The molecular formula is C20H34N2O3. The molecule has 1 heterocycles. The SMILES string of the molecule is CCO[C@@H]1C[C@H](NC(=O)N[C@@H]2[C@H]3CCO[C@H]3C2(C)C)C12CCCCC2. The molecule has 0 radical (unpaired) electrons. The van der Waals surface area contributed by atoms with Crippen LogP contribution in [0.2, 0.25) is 0 Å². The summed E-state index contributed by atoms with van der Waals surface area (Å²) >= 11 is 0. The van der Waals surface area contributed by atoms with E-state index in [1.165, 1.54) is 32.1 Å². The van der Waals surface area contributed by atoms with Gasteiger partial charge in [-0.1, -0.05) is 33.1 Å². The van der Waals surface area contributed by atoms with Gasteiger partial charge in [-0.05, 0) is 32.6 Å². The van der Waals surface area contributed by atoms with Crippen molar-refractivity contribution >= 4 is 6.03 Å². The Morgan fingerprint density at radius 3 is 2.68 bits per heavy atom. The highest BCUT2D eigenvalue weighted by atomic mass is 16.5. The molecule has 2 amide bonds. The van der Waals surface area contributed by atoms with Crippen LogP contribution in [0.25, 0.3) is 0 Å². The van der Waals surface area contributed by atoms with E-state index in [1.54, 1.807) is 0 Å². The molecule has 0 aromatic heterocycles. The summed E-state index contributed by atoms with van der Waals surface area (Å²) < 4.78 is 11.8. The van der Waals surface area contributed by atoms with Gasteiger partial charge in [0.1, 0.15) is 0 Å². The largest absolute Gasteiger partial charge is 0.378 e. The van der Waals surface area contributed by atoms with Crippen molar-refractivity contribution in [3.05, 3.63) is 0 Å². The van der Waals surface area contributed by atoms with Crippen LogP contribution >= 0.6 is 0 Å². The quantitative estimate of drug-likeness (QED) is 0.818. The predicted octanol–water partition coefficient (Wildman–Crippen LogP) is 3.23. The van der Waals surface area contributed by atoms with E-state index in [4.69, 9.17) is 9.47 Å². The zero-order chi connectivity index (χ0) is 17.7. The number of hydrogen-bond acceptors (Lipinski definition) is 3. The molecule has 25 heavy (non-hydrogen) atoms. The summed E-state index contributed by atoms with van der Waals surface area (Å²) in [6.45, 7) is 8.09. The number of ether oxygens (including phenoxy) is 2. The third kappa shape index (κ3) is 2.69. The van der Waals surface area contributed by atoms with Crippen LogP contribution in [0.5, 0.6) is 0 Å². The average Bonchev–Trinajstić information content (AvgIpc) is 3.07. The van der Waals surface area contributed by atoms with Crippen LogP contribution in [0, 0.1) is 16.7 Å². The molecule has 5 atom stereocenters. The summed E-state index contributed by atoms with van der Waals surface area (Å²) in [6.07, 6.45) is 8.90. The molecule has 3 saturated carbocycles. The zero-order valence-electron chi connectivity index (χ0n) is 16.0. The monoisotopic (exact) mass is 350 g/mol. The van der Waals surface area contributed by atoms with Crippen molar-refractivity contribution in [2.24, 2.45) is 16.7 Å². The molecule has 1 saturated heterocycles. The highest BCUT2D eigenvalue weighted by molar-refractivity contribution is 5.75. The lowest BCUT2D eigenvalue weighted by atomic mass is 9.55. The van der Waals surface area contributed by atoms with E-state index in [2.05, 4.69) is 31.4 Å². The van der Waals surface area contributed by atoms with Crippen LogP contribution in [-0.4, -0.2) is 43.5 Å². The van der Waals surface area contributed by atoms with Crippen molar-refractivity contribution < 1.29 is 14.3 Å². The Kier molecular flexibility index (Phi) is 4.52. The minimum Gasteiger partial charge on any atom is -0.378 e. The van der Waals surface area contributed by atoms with E-state index in [0.717, 1.165) is 26.1 Å². The third-order valence-corrected chi connectivity index (χ3v) is 7.63. The summed E-state index contributed by atoms with van der Waals surface area (Å²) in [5.41, 5.74) is 0.217. The van der Waals surface area contributed by atoms with Crippen LogP contribution in [0.4, 0.5) is 4.79 Å². The second kappa shape index (κ2) is 6.41. The normalized spacial score (nSPS) is 40.7. The number of hydrogen-bond donors (Lipinski definition) is 2. The number of urea groups is 1. The van der Waals surface area contributed by atoms with Gasteiger partial charge in [0, 0.05) is 42.0 Å². The van der Waals surface area contributed by atoms with Gasteiger partial charge >= 0.3 is 6.03 Å². The van der Waals surface area contributed by atoms with Crippen molar-refractivity contribution in [2.45, 2.75) is 90.0 Å². The van der Waals surface area contributed by atoms with Gasteiger partial charge in [-0.25, -0.2) is 4.79 Å². The van der Waals surface area contributed by atoms with Crippen molar-refractivity contribution in [3.8, 4) is 0 Å². The molecule has 3 aliphatic carbocycles. The fraction of sp³-hybridized carbons (Fsp3) is 0.950. The third-order valence-electron chi connectivity index (χ3n) is 7.63. The molecule has 4 rings (SSSR count). The summed E-state index contributed by atoms with van der Waals surface area (Å²) in [5.74, 6) is 0.488. The van der Waals surface area contributed by atoms with Gasteiger partial charge in [-0.2, -0.15) is 0 Å². The number of rotatable bonds is 4. The maximum Gasteiger partial charge on any atom is 0.315 e. The van der Waals surface area contributed by atoms with Crippen LogP contribution in [-0.2, 0) is 9.47 Å². The predicted molar refractivity (Wildman–Crippen MR) is 96.4 cm³/mol. The zero-order valence-corrected chi connectivity index (χ0v) is 16.0. The second-order valence-electron chi connectivity index (χ2n) is 9.19. The minimum atomic E-state index is 0.00771. The first kappa shape index (κ1) is 17.6. The molecule has 2 N–H and O–H groups in total. The number of carbonyl (C=O) groups is 1. The molecule has 4 fully saturated rings. The maximum atomic E-state index is 12.7. The van der Waals surface area contributed by atoms with Crippen LogP contribution in [0.15, 0.2) is 0 Å². The standard InChI is InChI=1S/C20H34N2O3/c1-4-24-15-12-14(20(15)9-6-5-7-10-20)21-18(23)22-16-13-8-11-25-17(13)19(16,2)3/h13-17H,4-12H2,1-3H3,(H2,21,22,23)/t13-,14+,15-,16-,17-/m1/s1. The number of amides is 2. The van der Waals surface area contributed by atoms with Gasteiger partial charge in [0.2, 0.25) is 0 Å². The Bertz CT molecular complexity index is 515. The first-order valence-electron chi connectivity index (χ1n) is 10.3. The fourth-order valence-corrected chi connectivity index (χ4v) is 6.22. The lowest BCUT2D eigenvalue weighted by Gasteiger charge is -2.58. The molecule has 0 aromatic rings. The highest BCUT2D eigenvalue weighted by Gasteiger charge is 2.60. The molecular weight excluding hydrogens is 316 g/mol. The molecule has 0 aromatic carbocycles. The molecule has 0 unspecified atom stereocenters. The van der Waals surface area contributed by atoms with Crippen LogP contribution in [0.3, 0.4) is 0 Å². The first-order valence-corrected chi connectivity index (χ1v) is 10.3. The molecule has 5 heteroatoms. The van der Waals surface area contributed by atoms with E-state index in [-0.39, 0.29) is 28.9 Å². The van der Waals surface area contributed by atoms with E-state index in [9.17, 15) is 4.79 Å². The Labute approximate surface area is 151 Å². The Morgan fingerprint density at radius 1 is 1.20 bits per heavy atom. The Balaban J connectivity index is 1.36. The van der Waals surface area contributed by atoms with E-state index >= 15 is 0 Å². The van der Waals surface area contributed by atoms with Crippen molar-refractivity contribution in [3.63, 3.8) is 0 Å². The summed E-state index contributed by atoms with van der Waals surface area (Å²) in [6, 6.07) is 0.501. The minimum absolute atomic E-state index is 0.00771. The average molecular weight is 351 g/mol. The number of fused-ring (bicyclic) bond motifs is 1. The first-order chi connectivity index (χ1) is 12.0. The molecule has 4 aliphatic rings. The van der Waals surface area contributed by atoms with Crippen molar-refractivity contribution in [1.29, 1.82) is 0 Å². The summed E-state index contributed by atoms with van der Waals surface area (Å²) in [4.78, 5) is 12.7. The van der Waals surface area contributed by atoms with E-state index < -0.39 is 0 Å². The van der Waals surface area contributed by atoms with E-state index in [0.29, 0.717) is 18.1 Å². The fourth-order valence-electron chi connectivity index (χ4n) is 6.22. The van der Waals surface area contributed by atoms with Crippen molar-refractivity contribution in [2.75, 3.05) is 13.2 Å². The van der Waals surface area contributed by atoms with Gasteiger partial charge < -0.3 is 20.1 Å². The number of nitrogens with one attached hydrogen (secondary N) is 2. The van der Waals surface area contributed by atoms with Crippen LogP contribution in [0.1, 0.15) is 65.7 Å². The summed E-state index contributed by atoms with van der Waals surface area (Å²) in [7, 11) is 0. The lowest BCUT2D eigenvalue weighted by Crippen LogP contribution is -2.70. The van der Waals surface area contributed by atoms with Crippen molar-refractivity contribution in [1.82, 2.24) is 10.6 Å². The maximum absolute atomic E-state index is 12.7. The summed E-state index contributed by atoms with van der Waals surface area (Å²) in [5, 5.41) is 6.59. The Hall–Kier alpha value is -0.810. The topological polar surface area (TPSA) is 59.6 Å². The molecule has 1 spiro atoms. The molecule has 142 valence electrons. The number of carbonyl (C=O) groups excluding carboxylic acids is 1.